The van der Waals surface area contributed by atoms with Gasteiger partial charge in [0, 0.05) is 30.4 Å². The molecule has 2 aliphatic rings. The Hall–Kier alpha value is -3.03. The molecule has 2 N–H and O–H groups in total. The molecule has 8 heteroatoms. The van der Waals surface area contributed by atoms with Crippen molar-refractivity contribution in [2.45, 2.75) is 38.3 Å². The summed E-state index contributed by atoms with van der Waals surface area (Å²) < 4.78 is 56.2. The number of hydrogen-bond acceptors (Lipinski definition) is 3. The zero-order chi connectivity index (χ0) is 23.2. The van der Waals surface area contributed by atoms with E-state index in [1.165, 1.54) is 43.3 Å². The molecule has 1 aliphatic carbocycles. The maximum Gasteiger partial charge on any atom is 0.418 e. The molecule has 2 unspecified atom stereocenters. The highest BCUT2D eigenvalue weighted by molar-refractivity contribution is 6.02. The normalized spacial score (nSPS) is 21.6. The predicted molar refractivity (Wildman–Crippen MR) is 121 cm³/mol. The molecule has 0 radical (unpaired) electrons. The fourth-order valence-electron chi connectivity index (χ4n) is 5.41. The van der Waals surface area contributed by atoms with Gasteiger partial charge < -0.3 is 15.0 Å². The van der Waals surface area contributed by atoms with Crippen molar-refractivity contribution in [3.8, 4) is 5.88 Å². The number of aromatic amines is 1. The Morgan fingerprint density at radius 3 is 2.64 bits per heavy atom. The second kappa shape index (κ2) is 8.39. The maximum absolute atomic E-state index is 14.2. The minimum Gasteiger partial charge on any atom is -0.494 e. The van der Waals surface area contributed by atoms with Gasteiger partial charge in [-0.05, 0) is 55.0 Å². The van der Waals surface area contributed by atoms with Crippen molar-refractivity contribution < 1.29 is 22.7 Å². The fourth-order valence-corrected chi connectivity index (χ4v) is 5.41. The number of aromatic hydroxyl groups is 1. The highest BCUT2D eigenvalue weighted by atomic mass is 19.4. The van der Waals surface area contributed by atoms with Gasteiger partial charge in [0.05, 0.1) is 22.3 Å². The molecule has 2 aromatic carbocycles. The molecule has 174 valence electrons. The number of H-pyrrole nitrogens is 1. The Labute approximate surface area is 188 Å². The van der Waals surface area contributed by atoms with Crippen LogP contribution in [0.2, 0.25) is 0 Å². The number of rotatable bonds is 3. The van der Waals surface area contributed by atoms with Crippen LogP contribution in [-0.4, -0.2) is 29.4 Å². The van der Waals surface area contributed by atoms with Crippen molar-refractivity contribution in [3.63, 3.8) is 0 Å². The van der Waals surface area contributed by atoms with Crippen LogP contribution >= 0.6 is 0 Å². The number of hydrogen-bond donors (Lipinski definition) is 2. The van der Waals surface area contributed by atoms with Gasteiger partial charge in [0.15, 0.2) is 5.88 Å². The Kier molecular flexibility index (Phi) is 5.54. The number of benzene rings is 2. The summed E-state index contributed by atoms with van der Waals surface area (Å²) in [6, 6.07) is 8.39. The van der Waals surface area contributed by atoms with E-state index in [1.54, 1.807) is 6.07 Å². The topological polar surface area (TPSA) is 51.6 Å². The third kappa shape index (κ3) is 4.18. The number of fused-ring (bicyclic) bond motifs is 2. The van der Waals surface area contributed by atoms with Gasteiger partial charge in [-0.3, -0.25) is 4.99 Å². The molecule has 1 saturated heterocycles. The highest BCUT2D eigenvalue weighted by Crippen LogP contribution is 2.43. The molecule has 2 fully saturated rings. The first-order valence-corrected chi connectivity index (χ1v) is 11.3. The molecule has 5 rings (SSSR count). The summed E-state index contributed by atoms with van der Waals surface area (Å²) in [4.78, 5) is 8.65. The van der Waals surface area contributed by atoms with E-state index in [9.17, 15) is 22.7 Å². The van der Waals surface area contributed by atoms with Crippen LogP contribution in [0.3, 0.4) is 0 Å². The van der Waals surface area contributed by atoms with Crippen LogP contribution < -0.4 is 4.90 Å². The lowest BCUT2D eigenvalue weighted by Crippen LogP contribution is -2.42. The van der Waals surface area contributed by atoms with E-state index in [0.29, 0.717) is 30.4 Å². The van der Waals surface area contributed by atoms with E-state index >= 15 is 0 Å². The smallest absolute Gasteiger partial charge is 0.418 e. The van der Waals surface area contributed by atoms with E-state index in [2.05, 4.69) is 9.98 Å². The van der Waals surface area contributed by atoms with Crippen molar-refractivity contribution >= 4 is 28.5 Å². The van der Waals surface area contributed by atoms with Crippen molar-refractivity contribution in [3.05, 3.63) is 53.3 Å². The number of piperidine rings is 1. The van der Waals surface area contributed by atoms with Gasteiger partial charge in [-0.2, -0.15) is 13.2 Å². The summed E-state index contributed by atoms with van der Waals surface area (Å²) in [6.45, 7) is 1.27. The van der Waals surface area contributed by atoms with Crippen LogP contribution in [0, 0.1) is 17.7 Å². The van der Waals surface area contributed by atoms with E-state index in [4.69, 9.17) is 0 Å². The predicted octanol–water partition coefficient (Wildman–Crippen LogP) is 6.80. The molecule has 0 spiro atoms. The van der Waals surface area contributed by atoms with Gasteiger partial charge in [0.1, 0.15) is 5.82 Å². The molecule has 1 aromatic heterocycles. The minimum absolute atomic E-state index is 0.0868. The van der Waals surface area contributed by atoms with Gasteiger partial charge >= 0.3 is 6.18 Å². The van der Waals surface area contributed by atoms with E-state index < -0.39 is 17.6 Å². The van der Waals surface area contributed by atoms with Gasteiger partial charge in [0.25, 0.3) is 0 Å². The first-order chi connectivity index (χ1) is 15.8. The minimum atomic E-state index is -4.53. The van der Waals surface area contributed by atoms with E-state index in [-0.39, 0.29) is 28.2 Å². The highest BCUT2D eigenvalue weighted by Gasteiger charge is 2.38. The number of alkyl halides is 3. The van der Waals surface area contributed by atoms with Crippen LogP contribution in [0.1, 0.15) is 43.2 Å². The first kappa shape index (κ1) is 21.8. The largest absolute Gasteiger partial charge is 0.494 e. The molecule has 33 heavy (non-hydrogen) atoms. The molecule has 1 aliphatic heterocycles. The lowest BCUT2D eigenvalue weighted by atomic mass is 9.75. The molecule has 1 saturated carbocycles. The molecule has 3 aromatic rings. The number of anilines is 1. The number of halogens is 4. The van der Waals surface area contributed by atoms with Crippen molar-refractivity contribution in [1.29, 1.82) is 0 Å². The maximum atomic E-state index is 14.2. The van der Waals surface area contributed by atoms with Crippen LogP contribution in [0.4, 0.5) is 28.9 Å². The Bertz CT molecular complexity index is 1200. The van der Waals surface area contributed by atoms with Crippen molar-refractivity contribution in [1.82, 2.24) is 4.98 Å². The van der Waals surface area contributed by atoms with Crippen molar-refractivity contribution in [2.75, 3.05) is 18.0 Å². The van der Waals surface area contributed by atoms with Gasteiger partial charge in [-0.15, -0.1) is 0 Å². The Morgan fingerprint density at radius 1 is 1.06 bits per heavy atom. The fraction of sp³-hybridized carbons (Fsp3) is 0.400. The lowest BCUT2D eigenvalue weighted by Gasteiger charge is -2.43. The molecule has 0 bridgehead atoms. The third-order valence-electron chi connectivity index (χ3n) is 7.05. The Morgan fingerprint density at radius 2 is 1.85 bits per heavy atom. The zero-order valence-corrected chi connectivity index (χ0v) is 18.0. The van der Waals surface area contributed by atoms with Gasteiger partial charge in [0.2, 0.25) is 0 Å². The molecule has 2 atom stereocenters. The lowest BCUT2D eigenvalue weighted by molar-refractivity contribution is -0.137. The number of aliphatic imine (C=N–C) groups is 1. The standard InChI is InChI=1S/C25H25F4N3O/c26-20-6-3-7-21-23(20)18(24(33)31-21)13-30-17-8-9-22(19(12-17)25(27,28)29)32-11-10-15-4-1-2-5-16(15)14-32/h3,6-9,12-13,15-16,31,33H,1-2,4-5,10-11,14H2. The van der Waals surface area contributed by atoms with Crippen LogP contribution in [0.15, 0.2) is 41.4 Å². The van der Waals surface area contributed by atoms with E-state index in [0.717, 1.165) is 25.3 Å². The second-order valence-electron chi connectivity index (χ2n) is 9.05. The second-order valence-corrected chi connectivity index (χ2v) is 9.05. The monoisotopic (exact) mass is 459 g/mol. The summed E-state index contributed by atoms with van der Waals surface area (Å²) in [5.41, 5.74) is 0.0300. The van der Waals surface area contributed by atoms with Crippen molar-refractivity contribution in [2.24, 2.45) is 16.8 Å². The summed E-state index contributed by atoms with van der Waals surface area (Å²) in [7, 11) is 0. The molecular formula is C25H25F4N3O. The molecular weight excluding hydrogens is 434 g/mol. The zero-order valence-electron chi connectivity index (χ0n) is 18.0. The van der Waals surface area contributed by atoms with Gasteiger partial charge in [-0.1, -0.05) is 25.3 Å². The number of nitrogens with zero attached hydrogens (tertiary/aromatic N) is 2. The average molecular weight is 459 g/mol. The quantitative estimate of drug-likeness (QED) is 0.334. The van der Waals surface area contributed by atoms with Gasteiger partial charge in [-0.25, -0.2) is 4.39 Å². The van der Waals surface area contributed by atoms with Crippen LogP contribution in [0.5, 0.6) is 5.88 Å². The number of nitrogens with one attached hydrogen (secondary N) is 1. The third-order valence-corrected chi connectivity index (χ3v) is 7.05. The summed E-state index contributed by atoms with van der Waals surface area (Å²) in [5.74, 6) is 0.230. The Balaban J connectivity index is 1.46. The molecule has 2 heterocycles. The van der Waals surface area contributed by atoms with E-state index in [1.807, 2.05) is 4.90 Å². The molecule has 4 nitrogen and oxygen atoms in total. The first-order valence-electron chi connectivity index (χ1n) is 11.3. The summed E-state index contributed by atoms with van der Waals surface area (Å²) in [6.07, 6.45) is 2.22. The summed E-state index contributed by atoms with van der Waals surface area (Å²) >= 11 is 0. The van der Waals surface area contributed by atoms with Crippen LogP contribution in [-0.2, 0) is 6.18 Å². The SMILES string of the molecule is Oc1[nH]c2cccc(F)c2c1C=Nc1ccc(N2CCC3CCCCC3C2)c(C(F)(F)F)c1. The summed E-state index contributed by atoms with van der Waals surface area (Å²) in [5, 5.41) is 10.3. The van der Waals surface area contributed by atoms with Crippen LogP contribution in [0.25, 0.3) is 10.9 Å². The molecule has 0 amide bonds. The average Bonchev–Trinajstić information content (AvgIpc) is 3.13. The number of aromatic nitrogens is 1.